The number of morpholine rings is 1. The molecule has 5 rings (SSSR count). The van der Waals surface area contributed by atoms with E-state index in [2.05, 4.69) is 33.3 Å². The molecular weight excluding hydrogens is 464 g/mol. The summed E-state index contributed by atoms with van der Waals surface area (Å²) in [5.41, 5.74) is 10.7. The second kappa shape index (κ2) is 10.2. The molecule has 4 N–H and O–H groups in total. The quantitative estimate of drug-likeness (QED) is 0.456. The van der Waals surface area contributed by atoms with E-state index in [1.165, 1.54) is 10.5 Å². The Kier molecular flexibility index (Phi) is 7.06. The van der Waals surface area contributed by atoms with E-state index in [0.29, 0.717) is 38.0 Å². The summed E-state index contributed by atoms with van der Waals surface area (Å²) in [5.74, 6) is 0. The predicted octanol–water partition coefficient (Wildman–Crippen LogP) is 3.28. The molecule has 1 saturated carbocycles. The Morgan fingerprint density at radius 1 is 1.14 bits per heavy atom. The van der Waals surface area contributed by atoms with Crippen molar-refractivity contribution in [3.05, 3.63) is 36.3 Å². The molecular formula is C25H34N6O3S. The second-order valence-electron chi connectivity index (χ2n) is 9.51. The summed E-state index contributed by atoms with van der Waals surface area (Å²) < 4.78 is 32.8. The number of rotatable bonds is 7. The summed E-state index contributed by atoms with van der Waals surface area (Å²) in [4.78, 5) is 12.9. The van der Waals surface area contributed by atoms with Gasteiger partial charge in [0.2, 0.25) is 10.0 Å². The van der Waals surface area contributed by atoms with Crippen LogP contribution in [0.5, 0.6) is 0 Å². The number of fused-ring (bicyclic) bond motifs is 1. The molecule has 3 aromatic heterocycles. The lowest BCUT2D eigenvalue weighted by Gasteiger charge is -2.28. The second-order valence-corrected chi connectivity index (χ2v) is 11.4. The zero-order chi connectivity index (χ0) is 24.4. The van der Waals surface area contributed by atoms with Gasteiger partial charge in [-0.25, -0.2) is 13.4 Å². The van der Waals surface area contributed by atoms with E-state index in [9.17, 15) is 8.42 Å². The number of nitrogens with two attached hydrogens (primary N) is 1. The maximum atomic E-state index is 13.0. The van der Waals surface area contributed by atoms with E-state index in [1.54, 1.807) is 12.1 Å². The number of anilines is 1. The summed E-state index contributed by atoms with van der Waals surface area (Å²) in [6.45, 7) is 3.70. The van der Waals surface area contributed by atoms with Gasteiger partial charge < -0.3 is 20.8 Å². The SMILES string of the molecule is CCCc1cc2c(N[C@H]3CC[C@H](N)CC3)c(-c3ccc(S(=O)(=O)N4CCOCC4)cn3)cnc2[nH]1. The Morgan fingerprint density at radius 3 is 2.60 bits per heavy atom. The van der Waals surface area contributed by atoms with Crippen LogP contribution in [0.3, 0.4) is 0 Å². The highest BCUT2D eigenvalue weighted by molar-refractivity contribution is 7.89. The number of sulfonamides is 1. The maximum absolute atomic E-state index is 13.0. The van der Waals surface area contributed by atoms with E-state index >= 15 is 0 Å². The van der Waals surface area contributed by atoms with Crippen LogP contribution >= 0.6 is 0 Å². The Labute approximate surface area is 206 Å². The van der Waals surface area contributed by atoms with Gasteiger partial charge in [0, 0.05) is 54.2 Å². The van der Waals surface area contributed by atoms with E-state index in [-0.39, 0.29) is 10.9 Å². The van der Waals surface area contributed by atoms with Gasteiger partial charge in [0.25, 0.3) is 0 Å². The van der Waals surface area contributed by atoms with Crippen molar-refractivity contribution >= 4 is 26.7 Å². The molecule has 1 aliphatic heterocycles. The third-order valence-electron chi connectivity index (χ3n) is 6.97. The molecule has 35 heavy (non-hydrogen) atoms. The van der Waals surface area contributed by atoms with Crippen LogP contribution in [-0.2, 0) is 21.2 Å². The Morgan fingerprint density at radius 2 is 1.91 bits per heavy atom. The summed E-state index contributed by atoms with van der Waals surface area (Å²) in [7, 11) is -3.59. The molecule has 2 aliphatic rings. The van der Waals surface area contributed by atoms with Crippen molar-refractivity contribution in [3.8, 4) is 11.3 Å². The molecule has 3 aromatic rings. The van der Waals surface area contributed by atoms with Crippen LogP contribution in [-0.4, -0.2) is 66.1 Å². The van der Waals surface area contributed by atoms with Gasteiger partial charge in [0.05, 0.1) is 24.6 Å². The molecule has 10 heteroatoms. The number of hydrogen-bond donors (Lipinski definition) is 3. The third-order valence-corrected chi connectivity index (χ3v) is 8.86. The molecule has 0 radical (unpaired) electrons. The summed E-state index contributed by atoms with van der Waals surface area (Å²) >= 11 is 0. The van der Waals surface area contributed by atoms with Crippen molar-refractivity contribution in [2.24, 2.45) is 5.73 Å². The lowest BCUT2D eigenvalue weighted by atomic mass is 9.91. The number of nitrogens with one attached hydrogen (secondary N) is 2. The number of aromatic amines is 1. The molecule has 0 aromatic carbocycles. The fraction of sp³-hybridized carbons (Fsp3) is 0.520. The highest BCUT2D eigenvalue weighted by Crippen LogP contribution is 2.36. The smallest absolute Gasteiger partial charge is 0.244 e. The first-order valence-electron chi connectivity index (χ1n) is 12.5. The molecule has 0 spiro atoms. The fourth-order valence-corrected chi connectivity index (χ4v) is 6.33. The zero-order valence-electron chi connectivity index (χ0n) is 20.2. The molecule has 4 heterocycles. The van der Waals surface area contributed by atoms with Gasteiger partial charge in [0.15, 0.2) is 0 Å². The Balaban J connectivity index is 1.50. The minimum absolute atomic E-state index is 0.194. The minimum Gasteiger partial charge on any atom is -0.381 e. The van der Waals surface area contributed by atoms with Crippen LogP contribution in [0.1, 0.15) is 44.7 Å². The first kappa shape index (κ1) is 24.2. The first-order valence-corrected chi connectivity index (χ1v) is 14.0. The van der Waals surface area contributed by atoms with E-state index in [0.717, 1.165) is 66.5 Å². The summed E-state index contributed by atoms with van der Waals surface area (Å²) in [6, 6.07) is 6.18. The van der Waals surface area contributed by atoms with Crippen molar-refractivity contribution in [1.29, 1.82) is 0 Å². The van der Waals surface area contributed by atoms with Crippen LogP contribution in [0.25, 0.3) is 22.3 Å². The number of H-pyrrole nitrogens is 1. The largest absolute Gasteiger partial charge is 0.381 e. The van der Waals surface area contributed by atoms with Crippen molar-refractivity contribution in [1.82, 2.24) is 19.3 Å². The van der Waals surface area contributed by atoms with Gasteiger partial charge in [-0.3, -0.25) is 4.98 Å². The van der Waals surface area contributed by atoms with Crippen molar-refractivity contribution in [2.75, 3.05) is 31.6 Å². The van der Waals surface area contributed by atoms with Crippen LogP contribution in [0.4, 0.5) is 5.69 Å². The topological polar surface area (TPSA) is 126 Å². The average Bonchev–Trinajstić information content (AvgIpc) is 3.29. The lowest BCUT2D eigenvalue weighted by Crippen LogP contribution is -2.40. The van der Waals surface area contributed by atoms with Gasteiger partial charge in [-0.05, 0) is 50.3 Å². The number of hydrogen-bond acceptors (Lipinski definition) is 7. The molecule has 1 saturated heterocycles. The minimum atomic E-state index is -3.59. The molecule has 0 amide bonds. The Hall–Kier alpha value is -2.53. The number of aryl methyl sites for hydroxylation is 1. The average molecular weight is 499 g/mol. The first-order chi connectivity index (χ1) is 17.0. The number of pyridine rings is 2. The highest BCUT2D eigenvalue weighted by atomic mass is 32.2. The van der Waals surface area contributed by atoms with Crippen molar-refractivity contribution in [3.63, 3.8) is 0 Å². The van der Waals surface area contributed by atoms with E-state index in [4.69, 9.17) is 10.5 Å². The van der Waals surface area contributed by atoms with Gasteiger partial charge in [-0.1, -0.05) is 13.3 Å². The van der Waals surface area contributed by atoms with Crippen LogP contribution in [0.2, 0.25) is 0 Å². The monoisotopic (exact) mass is 498 g/mol. The molecule has 0 bridgehead atoms. The third kappa shape index (κ3) is 5.06. The normalized spacial score (nSPS) is 21.9. The van der Waals surface area contributed by atoms with E-state index < -0.39 is 10.0 Å². The number of aromatic nitrogens is 3. The molecule has 188 valence electrons. The molecule has 1 aliphatic carbocycles. The Bertz CT molecular complexity index is 1260. The fourth-order valence-electron chi connectivity index (χ4n) is 4.98. The molecule has 0 unspecified atom stereocenters. The van der Waals surface area contributed by atoms with Gasteiger partial charge >= 0.3 is 0 Å². The van der Waals surface area contributed by atoms with Crippen LogP contribution in [0, 0.1) is 0 Å². The van der Waals surface area contributed by atoms with Crippen LogP contribution in [0.15, 0.2) is 35.5 Å². The maximum Gasteiger partial charge on any atom is 0.244 e. The predicted molar refractivity (Wildman–Crippen MR) is 137 cm³/mol. The zero-order valence-corrected chi connectivity index (χ0v) is 21.0. The van der Waals surface area contributed by atoms with Gasteiger partial charge in [0.1, 0.15) is 10.5 Å². The van der Waals surface area contributed by atoms with Crippen molar-refractivity contribution < 1.29 is 13.2 Å². The number of nitrogens with zero attached hydrogens (tertiary/aromatic N) is 3. The highest BCUT2D eigenvalue weighted by Gasteiger charge is 2.27. The summed E-state index contributed by atoms with van der Waals surface area (Å²) in [6.07, 6.45) is 9.31. The van der Waals surface area contributed by atoms with Crippen LogP contribution < -0.4 is 11.1 Å². The van der Waals surface area contributed by atoms with Gasteiger partial charge in [-0.15, -0.1) is 0 Å². The molecule has 0 atom stereocenters. The lowest BCUT2D eigenvalue weighted by molar-refractivity contribution is 0.0730. The molecule has 9 nitrogen and oxygen atoms in total. The number of ether oxygens (including phenoxy) is 1. The molecule has 2 fully saturated rings. The van der Waals surface area contributed by atoms with Crippen molar-refractivity contribution in [2.45, 2.75) is 62.4 Å². The van der Waals surface area contributed by atoms with E-state index in [1.807, 2.05) is 6.20 Å². The summed E-state index contributed by atoms with van der Waals surface area (Å²) in [5, 5.41) is 4.80. The van der Waals surface area contributed by atoms with Gasteiger partial charge in [-0.2, -0.15) is 4.31 Å². The standard InChI is InChI=1S/C25H34N6O3S/c1-2-3-19-14-21-24(29-18-6-4-17(26)5-7-18)22(16-28-25(21)30-19)23-9-8-20(15-27-23)35(32,33)31-10-12-34-13-11-31/h8-9,14-18H,2-7,10-13,26H2,1H3,(H2,28,29,30)/t17-,18-.